The Bertz CT molecular complexity index is 1360. The number of hydrogen-bond acceptors (Lipinski definition) is 5. The summed E-state index contributed by atoms with van der Waals surface area (Å²) in [5.41, 5.74) is 8.08. The van der Waals surface area contributed by atoms with E-state index >= 15 is 0 Å². The Morgan fingerprint density at radius 2 is 1.45 bits per heavy atom. The molecule has 6 nitrogen and oxygen atoms in total. The van der Waals surface area contributed by atoms with Gasteiger partial charge in [-0.05, 0) is 85.1 Å². The van der Waals surface area contributed by atoms with Crippen LogP contribution >= 0.6 is 59.2 Å². The lowest BCUT2D eigenvalue weighted by atomic mass is 10.2. The minimum atomic E-state index is 0.281. The zero-order valence-electron chi connectivity index (χ0n) is 16.7. The van der Waals surface area contributed by atoms with E-state index < -0.39 is 0 Å². The molecule has 0 atom stereocenters. The van der Waals surface area contributed by atoms with E-state index in [0.717, 1.165) is 11.3 Å². The summed E-state index contributed by atoms with van der Waals surface area (Å²) in [6.45, 7) is 0. The van der Waals surface area contributed by atoms with E-state index in [2.05, 4.69) is 26.1 Å². The van der Waals surface area contributed by atoms with Gasteiger partial charge in [-0.25, -0.2) is 0 Å². The summed E-state index contributed by atoms with van der Waals surface area (Å²) in [6, 6.07) is 21.6. The van der Waals surface area contributed by atoms with Crippen molar-refractivity contribution in [3.63, 3.8) is 0 Å². The first-order valence-electron chi connectivity index (χ1n) is 9.51. The molecule has 3 N–H and O–H groups in total. The van der Waals surface area contributed by atoms with E-state index in [9.17, 15) is 0 Å². The third kappa shape index (κ3) is 5.79. The van der Waals surface area contributed by atoms with Crippen molar-refractivity contribution in [1.82, 2.24) is 20.0 Å². The van der Waals surface area contributed by atoms with Gasteiger partial charge in [-0.15, -0.1) is 0 Å². The van der Waals surface area contributed by atoms with Crippen LogP contribution in [-0.4, -0.2) is 19.6 Å². The van der Waals surface area contributed by atoms with Crippen molar-refractivity contribution in [3.8, 4) is 17.1 Å². The molecule has 0 radical (unpaired) electrons. The van der Waals surface area contributed by atoms with Gasteiger partial charge in [0.25, 0.3) is 0 Å². The first-order chi connectivity index (χ1) is 15.9. The molecule has 0 bridgehead atoms. The van der Waals surface area contributed by atoms with Crippen LogP contribution in [0.4, 0.5) is 11.6 Å². The monoisotopic (exact) mass is 532 g/mol. The number of nitrogens with one attached hydrogen (secondary N) is 3. The Balaban J connectivity index is 1.67. The molecule has 1 aromatic heterocycles. The van der Waals surface area contributed by atoms with Gasteiger partial charge < -0.3 is 5.32 Å². The smallest absolute Gasteiger partial charge is 0.230 e. The topological polar surface area (TPSA) is 66.8 Å². The molecule has 4 rings (SSSR count). The first-order valence-corrected chi connectivity index (χ1v) is 11.5. The maximum Gasteiger partial charge on any atom is 0.230 e. The van der Waals surface area contributed by atoms with Crippen molar-refractivity contribution in [2.75, 3.05) is 10.7 Å². The molecule has 0 fully saturated rings. The second-order valence-corrected chi connectivity index (χ2v) is 8.71. The summed E-state index contributed by atoms with van der Waals surface area (Å²) in [6.07, 6.45) is 0. The zero-order valence-corrected chi connectivity index (χ0v) is 20.6. The van der Waals surface area contributed by atoms with Crippen molar-refractivity contribution in [2.45, 2.75) is 0 Å². The van der Waals surface area contributed by atoms with Crippen molar-refractivity contribution in [2.24, 2.45) is 0 Å². The third-order valence-corrected chi connectivity index (χ3v) is 5.73. The molecule has 3 aromatic carbocycles. The number of aromatic nitrogens is 3. The molecule has 4 aromatic rings. The molecule has 0 unspecified atom stereocenters. The lowest BCUT2D eigenvalue weighted by Crippen LogP contribution is -2.35. The average Bonchev–Trinajstić information content (AvgIpc) is 2.80. The molecule has 0 aliphatic rings. The number of halogens is 3. The van der Waals surface area contributed by atoms with Crippen LogP contribution in [0.15, 0.2) is 72.8 Å². The van der Waals surface area contributed by atoms with Crippen molar-refractivity contribution in [3.05, 3.63) is 92.6 Å². The summed E-state index contributed by atoms with van der Waals surface area (Å²) < 4.78 is 1.95. The standard InChI is InChI=1S/C22H15Cl3N6S2/c23-14-7-5-13(6-8-14)19-27-20(29-30-21(32)26-18-4-2-1-3-17(18)25)31(22(33)28-19)16-11-9-15(24)10-12-16/h1-12H,(H2,26,30,32)(H,27,28,29,33). The highest BCUT2D eigenvalue weighted by Gasteiger charge is 2.13. The highest BCUT2D eigenvalue weighted by molar-refractivity contribution is 7.80. The molecule has 0 aliphatic heterocycles. The van der Waals surface area contributed by atoms with E-state index in [1.165, 1.54) is 0 Å². The van der Waals surface area contributed by atoms with Gasteiger partial charge in [0.2, 0.25) is 10.7 Å². The van der Waals surface area contributed by atoms with Gasteiger partial charge >= 0.3 is 0 Å². The second kappa shape index (κ2) is 10.5. The largest absolute Gasteiger partial charge is 0.330 e. The first kappa shape index (κ1) is 23.4. The quantitative estimate of drug-likeness (QED) is 0.190. The predicted molar refractivity (Wildman–Crippen MR) is 142 cm³/mol. The number of para-hydroxylation sites is 1. The normalized spacial score (nSPS) is 10.5. The average molecular weight is 534 g/mol. The Labute approximate surface area is 215 Å². The molecule has 0 spiro atoms. The van der Waals surface area contributed by atoms with Crippen LogP contribution in [0.25, 0.3) is 17.1 Å². The third-order valence-electron chi connectivity index (χ3n) is 4.41. The predicted octanol–water partition coefficient (Wildman–Crippen LogP) is 6.94. The number of rotatable bonds is 5. The van der Waals surface area contributed by atoms with Crippen LogP contribution in [-0.2, 0) is 0 Å². The summed E-state index contributed by atoms with van der Waals surface area (Å²) >= 11 is 29.2. The second-order valence-electron chi connectivity index (χ2n) is 6.66. The number of hydrazine groups is 1. The Morgan fingerprint density at radius 1 is 0.818 bits per heavy atom. The van der Waals surface area contributed by atoms with Gasteiger partial charge in [-0.1, -0.05) is 46.9 Å². The lowest BCUT2D eigenvalue weighted by molar-refractivity contribution is 0.881. The van der Waals surface area contributed by atoms with Gasteiger partial charge in [-0.3, -0.25) is 15.4 Å². The number of hydrogen-bond donors (Lipinski definition) is 3. The van der Waals surface area contributed by atoms with Crippen molar-refractivity contribution in [1.29, 1.82) is 0 Å². The van der Waals surface area contributed by atoms with Gasteiger partial charge in [-0.2, -0.15) is 9.97 Å². The number of benzene rings is 3. The molecule has 166 valence electrons. The van der Waals surface area contributed by atoms with E-state index in [4.69, 9.17) is 59.2 Å². The minimum Gasteiger partial charge on any atom is -0.330 e. The molecule has 33 heavy (non-hydrogen) atoms. The van der Waals surface area contributed by atoms with Crippen molar-refractivity contribution < 1.29 is 0 Å². The van der Waals surface area contributed by atoms with Gasteiger partial charge in [0.1, 0.15) is 0 Å². The molecule has 11 heteroatoms. The minimum absolute atomic E-state index is 0.281. The van der Waals surface area contributed by atoms with E-state index in [-0.39, 0.29) is 9.88 Å². The molecule has 0 amide bonds. The highest BCUT2D eigenvalue weighted by atomic mass is 35.5. The number of thiocarbonyl (C=S) groups is 1. The summed E-state index contributed by atoms with van der Waals surface area (Å²) in [7, 11) is 0. The number of anilines is 2. The molecule has 1 heterocycles. The summed E-state index contributed by atoms with van der Waals surface area (Å²) in [4.78, 5) is 9.15. The molecule has 0 saturated carbocycles. The fourth-order valence-corrected chi connectivity index (χ4v) is 3.74. The Hall–Kier alpha value is -2.75. The molecular formula is C22H15Cl3N6S2. The van der Waals surface area contributed by atoms with Crippen LogP contribution in [0.2, 0.25) is 15.1 Å². The Kier molecular flexibility index (Phi) is 7.42. The number of nitrogens with zero attached hydrogens (tertiary/aromatic N) is 3. The fourth-order valence-electron chi connectivity index (χ4n) is 2.87. The maximum absolute atomic E-state index is 6.20. The van der Waals surface area contributed by atoms with Crippen LogP contribution in [0.3, 0.4) is 0 Å². The molecule has 0 saturated heterocycles. The van der Waals surface area contributed by atoms with E-state index in [1.807, 2.05) is 42.5 Å². The van der Waals surface area contributed by atoms with Gasteiger partial charge in [0.05, 0.1) is 16.4 Å². The summed E-state index contributed by atoms with van der Waals surface area (Å²) in [5, 5.41) is 5.06. The SMILES string of the molecule is S=C(NNc1nc(-c2ccc(Cl)cc2)nc(=S)n1-c1ccc(Cl)cc1)Nc1ccccc1Cl. The summed E-state index contributed by atoms with van der Waals surface area (Å²) in [5.74, 6) is 0.793. The Morgan fingerprint density at radius 3 is 2.12 bits per heavy atom. The lowest BCUT2D eigenvalue weighted by Gasteiger charge is -2.17. The van der Waals surface area contributed by atoms with Crippen LogP contribution < -0.4 is 16.2 Å². The molecule has 0 aliphatic carbocycles. The van der Waals surface area contributed by atoms with Crippen LogP contribution in [0, 0.1) is 4.77 Å². The van der Waals surface area contributed by atoms with E-state index in [1.54, 1.807) is 34.9 Å². The highest BCUT2D eigenvalue weighted by Crippen LogP contribution is 2.23. The van der Waals surface area contributed by atoms with Gasteiger partial charge in [0.15, 0.2) is 10.9 Å². The van der Waals surface area contributed by atoms with Crippen LogP contribution in [0.1, 0.15) is 0 Å². The van der Waals surface area contributed by atoms with Crippen molar-refractivity contribution >= 4 is 76.0 Å². The fraction of sp³-hybridized carbons (Fsp3) is 0. The molecular weight excluding hydrogens is 519 g/mol. The zero-order chi connectivity index (χ0) is 23.4. The maximum atomic E-state index is 6.20. The van der Waals surface area contributed by atoms with E-state index in [0.29, 0.717) is 32.5 Å². The van der Waals surface area contributed by atoms with Gasteiger partial charge in [0, 0.05) is 15.6 Å². The van der Waals surface area contributed by atoms with Crippen LogP contribution in [0.5, 0.6) is 0 Å².